The molecule has 0 saturated carbocycles. The van der Waals surface area contributed by atoms with Gasteiger partial charge in [0.25, 0.3) is 0 Å². The molecule has 126 valence electrons. The zero-order valence-corrected chi connectivity index (χ0v) is 15.3. The van der Waals surface area contributed by atoms with Crippen molar-refractivity contribution in [2.45, 2.75) is 6.92 Å². The Morgan fingerprint density at radius 2 is 1.81 bits per heavy atom. The van der Waals surface area contributed by atoms with Gasteiger partial charge in [0.05, 0.1) is 11.7 Å². The van der Waals surface area contributed by atoms with E-state index in [0.717, 1.165) is 43.4 Å². The highest BCUT2D eigenvalue weighted by Gasteiger charge is 2.15. The first-order valence-corrected chi connectivity index (χ1v) is 9.23. The molecule has 0 N–H and O–H groups in total. The van der Waals surface area contributed by atoms with Gasteiger partial charge in [0, 0.05) is 16.0 Å². The Kier molecular flexibility index (Phi) is 3.48. The van der Waals surface area contributed by atoms with E-state index in [0.29, 0.717) is 5.02 Å². The second-order valence-corrected chi connectivity index (χ2v) is 7.35. The summed E-state index contributed by atoms with van der Waals surface area (Å²) in [6, 6.07) is 15.6. The fourth-order valence-electron chi connectivity index (χ4n) is 2.95. The summed E-state index contributed by atoms with van der Waals surface area (Å²) in [7, 11) is 0. The number of imidazole rings is 1. The molecule has 0 radical (unpaired) electrons. The quantitative estimate of drug-likeness (QED) is 0.433. The normalized spacial score (nSPS) is 11.5. The number of halogens is 1. The molecule has 0 aliphatic carbocycles. The molecule has 5 aromatic rings. The van der Waals surface area contributed by atoms with Gasteiger partial charge < -0.3 is 0 Å². The average molecular weight is 378 g/mol. The Hall–Kier alpha value is -2.83. The van der Waals surface area contributed by atoms with Gasteiger partial charge in [-0.15, -0.1) is 10.2 Å². The Balaban J connectivity index is 1.60. The highest BCUT2D eigenvalue weighted by Crippen LogP contribution is 2.30. The molecule has 3 aromatic heterocycles. The van der Waals surface area contributed by atoms with Crippen LogP contribution in [0.25, 0.3) is 37.8 Å². The van der Waals surface area contributed by atoms with Crippen LogP contribution in [0.4, 0.5) is 0 Å². The lowest BCUT2D eigenvalue weighted by atomic mass is 10.1. The third-order valence-corrected chi connectivity index (χ3v) is 5.52. The van der Waals surface area contributed by atoms with E-state index >= 15 is 0 Å². The number of hydrogen-bond acceptors (Lipinski definition) is 5. The molecule has 0 bridgehead atoms. The van der Waals surface area contributed by atoms with Gasteiger partial charge in [-0.1, -0.05) is 53.3 Å². The van der Waals surface area contributed by atoms with Crippen molar-refractivity contribution >= 4 is 38.8 Å². The number of hydrogen-bond donors (Lipinski definition) is 0. The van der Waals surface area contributed by atoms with Gasteiger partial charge in [0.15, 0.2) is 0 Å². The molecule has 0 atom stereocenters. The molecule has 0 fully saturated rings. The third kappa shape index (κ3) is 2.46. The predicted octanol–water partition coefficient (Wildman–Crippen LogP) is 5.03. The minimum atomic E-state index is 0.711. The van der Waals surface area contributed by atoms with Crippen molar-refractivity contribution in [1.82, 2.24) is 24.8 Å². The van der Waals surface area contributed by atoms with E-state index in [4.69, 9.17) is 16.6 Å². The van der Waals surface area contributed by atoms with E-state index in [2.05, 4.69) is 21.4 Å². The van der Waals surface area contributed by atoms with Gasteiger partial charge in [-0.3, -0.25) is 0 Å². The Morgan fingerprint density at radius 1 is 1.00 bits per heavy atom. The van der Waals surface area contributed by atoms with Gasteiger partial charge >= 0.3 is 0 Å². The topological polar surface area (TPSA) is 56.0 Å². The molecular formula is C19H12ClN5S. The van der Waals surface area contributed by atoms with E-state index in [1.165, 1.54) is 11.3 Å². The average Bonchev–Trinajstić information content (AvgIpc) is 3.22. The summed E-state index contributed by atoms with van der Waals surface area (Å²) in [6.45, 7) is 2.05. The number of rotatable bonds is 2. The molecule has 7 heteroatoms. The van der Waals surface area contributed by atoms with Crippen LogP contribution in [0, 0.1) is 6.92 Å². The van der Waals surface area contributed by atoms with Gasteiger partial charge in [-0.2, -0.15) is 5.10 Å². The van der Waals surface area contributed by atoms with Crippen LogP contribution < -0.4 is 0 Å². The largest absolute Gasteiger partial charge is 0.216 e. The molecule has 0 unspecified atom stereocenters. The van der Waals surface area contributed by atoms with Crippen LogP contribution in [0.2, 0.25) is 5.02 Å². The van der Waals surface area contributed by atoms with Crippen molar-refractivity contribution in [3.8, 4) is 22.0 Å². The number of benzene rings is 2. The van der Waals surface area contributed by atoms with Gasteiger partial charge in [-0.05, 0) is 30.7 Å². The fraction of sp³-hybridized carbons (Fsp3) is 0.0526. The summed E-state index contributed by atoms with van der Waals surface area (Å²) < 4.78 is 1.79. The van der Waals surface area contributed by atoms with Crippen LogP contribution in [0.15, 0.2) is 54.7 Å². The summed E-state index contributed by atoms with van der Waals surface area (Å²) in [5.74, 6) is 0. The standard InChI is InChI=1S/C19H12ClN5S/c1-11-14-4-2-3-5-15(14)22-23-17(11)16-10-25-19(21-16)26-18(24-25)12-6-8-13(20)9-7-12/h2-10H,1H3. The number of aryl methyl sites for hydroxylation is 1. The fourth-order valence-corrected chi connectivity index (χ4v) is 3.96. The molecule has 26 heavy (non-hydrogen) atoms. The third-order valence-electron chi connectivity index (χ3n) is 4.30. The lowest BCUT2D eigenvalue weighted by molar-refractivity contribution is 0.977. The molecular weight excluding hydrogens is 366 g/mol. The van der Waals surface area contributed by atoms with E-state index in [1.807, 2.05) is 55.6 Å². The van der Waals surface area contributed by atoms with E-state index in [-0.39, 0.29) is 0 Å². The minimum Gasteiger partial charge on any atom is -0.216 e. The van der Waals surface area contributed by atoms with E-state index < -0.39 is 0 Å². The molecule has 0 amide bonds. The zero-order valence-electron chi connectivity index (χ0n) is 13.7. The molecule has 5 nitrogen and oxygen atoms in total. The Morgan fingerprint density at radius 3 is 2.62 bits per heavy atom. The maximum Gasteiger partial charge on any atom is 0.213 e. The Labute approximate surface area is 157 Å². The van der Waals surface area contributed by atoms with Crippen molar-refractivity contribution in [2.24, 2.45) is 0 Å². The minimum absolute atomic E-state index is 0.711. The smallest absolute Gasteiger partial charge is 0.213 e. The Bertz CT molecular complexity index is 1220. The highest BCUT2D eigenvalue weighted by molar-refractivity contribution is 7.19. The lowest BCUT2D eigenvalue weighted by Crippen LogP contribution is -1.94. The van der Waals surface area contributed by atoms with Crippen molar-refractivity contribution in [1.29, 1.82) is 0 Å². The van der Waals surface area contributed by atoms with Gasteiger partial charge in [0.1, 0.15) is 16.4 Å². The van der Waals surface area contributed by atoms with Crippen molar-refractivity contribution in [3.05, 3.63) is 65.3 Å². The summed E-state index contributed by atoms with van der Waals surface area (Å²) in [4.78, 5) is 5.52. The zero-order chi connectivity index (χ0) is 17.7. The first-order chi connectivity index (χ1) is 12.7. The molecule has 3 heterocycles. The predicted molar refractivity (Wildman–Crippen MR) is 105 cm³/mol. The number of fused-ring (bicyclic) bond motifs is 2. The highest BCUT2D eigenvalue weighted by atomic mass is 35.5. The van der Waals surface area contributed by atoms with Crippen LogP contribution in [-0.2, 0) is 0 Å². The van der Waals surface area contributed by atoms with Crippen LogP contribution in [-0.4, -0.2) is 24.8 Å². The maximum absolute atomic E-state index is 5.95. The van der Waals surface area contributed by atoms with Gasteiger partial charge in [0.2, 0.25) is 4.96 Å². The number of nitrogens with zero attached hydrogens (tertiary/aromatic N) is 5. The lowest BCUT2D eigenvalue weighted by Gasteiger charge is -2.04. The monoisotopic (exact) mass is 377 g/mol. The molecule has 0 aliphatic rings. The second kappa shape index (κ2) is 5.86. The second-order valence-electron chi connectivity index (χ2n) is 5.96. The van der Waals surface area contributed by atoms with Crippen molar-refractivity contribution in [2.75, 3.05) is 0 Å². The maximum atomic E-state index is 5.95. The summed E-state index contributed by atoms with van der Waals surface area (Å²) in [6.07, 6.45) is 1.90. The van der Waals surface area contributed by atoms with Gasteiger partial charge in [-0.25, -0.2) is 9.50 Å². The molecule has 5 rings (SSSR count). The molecule has 2 aromatic carbocycles. The first-order valence-electron chi connectivity index (χ1n) is 8.03. The van der Waals surface area contributed by atoms with Crippen LogP contribution in [0.1, 0.15) is 5.56 Å². The molecule has 0 aliphatic heterocycles. The SMILES string of the molecule is Cc1c(-c2cn3nc(-c4ccc(Cl)cc4)sc3n2)nnc2ccccc12. The first kappa shape index (κ1) is 15.4. The summed E-state index contributed by atoms with van der Waals surface area (Å²) in [5, 5.41) is 16.0. The van der Waals surface area contributed by atoms with Crippen LogP contribution in [0.5, 0.6) is 0 Å². The van der Waals surface area contributed by atoms with Crippen LogP contribution in [0.3, 0.4) is 0 Å². The molecule has 0 spiro atoms. The summed E-state index contributed by atoms with van der Waals surface area (Å²) >= 11 is 7.48. The van der Waals surface area contributed by atoms with Crippen LogP contribution >= 0.6 is 22.9 Å². The van der Waals surface area contributed by atoms with Crippen molar-refractivity contribution in [3.63, 3.8) is 0 Å². The van der Waals surface area contributed by atoms with E-state index in [9.17, 15) is 0 Å². The van der Waals surface area contributed by atoms with Crippen molar-refractivity contribution < 1.29 is 0 Å². The summed E-state index contributed by atoms with van der Waals surface area (Å²) in [5.41, 5.74) is 4.54. The number of aromatic nitrogens is 5. The van der Waals surface area contributed by atoms with E-state index in [1.54, 1.807) is 4.52 Å². The molecule has 0 saturated heterocycles.